The predicted octanol–water partition coefficient (Wildman–Crippen LogP) is 4.04. The summed E-state index contributed by atoms with van der Waals surface area (Å²) in [4.78, 5) is 28.7. The summed E-state index contributed by atoms with van der Waals surface area (Å²) in [6.07, 6.45) is 3.56. The van der Waals surface area contributed by atoms with Gasteiger partial charge in [-0.1, -0.05) is 24.3 Å². The fourth-order valence-electron chi connectivity index (χ4n) is 3.20. The third kappa shape index (κ3) is 10.2. The Balaban J connectivity index is 0.00000544. The third-order valence-electron chi connectivity index (χ3n) is 4.92. The molecule has 2 rings (SSSR count). The van der Waals surface area contributed by atoms with Gasteiger partial charge in [0.25, 0.3) is 11.6 Å². The van der Waals surface area contributed by atoms with E-state index in [-0.39, 0.29) is 40.5 Å². The number of aryl methyl sites for hydroxylation is 1. The van der Waals surface area contributed by atoms with E-state index in [1.54, 1.807) is 31.1 Å². The topological polar surface area (TPSA) is 99.9 Å². The Labute approximate surface area is 213 Å². The van der Waals surface area contributed by atoms with Crippen LogP contribution in [0.3, 0.4) is 0 Å². The summed E-state index contributed by atoms with van der Waals surface area (Å²) in [5, 5.41) is 17.3. The largest absolute Gasteiger partial charge is 0.357 e. The summed E-state index contributed by atoms with van der Waals surface area (Å²) >= 11 is 0. The molecule has 2 N–H and O–H groups in total. The molecule has 180 valence electrons. The molecule has 0 saturated carbocycles. The zero-order chi connectivity index (χ0) is 23.3. The van der Waals surface area contributed by atoms with Crippen LogP contribution >= 0.6 is 24.0 Å². The minimum atomic E-state index is -0.381. The number of unbranched alkanes of at least 4 members (excludes halogenated alkanes) is 1. The molecule has 0 atom stereocenters. The number of non-ortho nitro benzene ring substituents is 1. The second-order valence-electron chi connectivity index (χ2n) is 7.72. The molecule has 0 saturated heterocycles. The van der Waals surface area contributed by atoms with Crippen LogP contribution in [-0.2, 0) is 12.8 Å². The van der Waals surface area contributed by atoms with Crippen molar-refractivity contribution in [2.75, 3.05) is 33.7 Å². The lowest BCUT2D eigenvalue weighted by molar-refractivity contribution is -0.384. The number of hydrogen-bond acceptors (Lipinski definition) is 4. The van der Waals surface area contributed by atoms with E-state index in [0.717, 1.165) is 49.3 Å². The van der Waals surface area contributed by atoms with Crippen LogP contribution < -0.4 is 10.6 Å². The van der Waals surface area contributed by atoms with Crippen molar-refractivity contribution in [1.82, 2.24) is 15.5 Å². The zero-order valence-corrected chi connectivity index (χ0v) is 21.9. The van der Waals surface area contributed by atoms with Gasteiger partial charge in [0.05, 0.1) is 4.92 Å². The highest BCUT2D eigenvalue weighted by Crippen LogP contribution is 2.13. The Morgan fingerprint density at radius 1 is 1.03 bits per heavy atom. The predicted molar refractivity (Wildman–Crippen MR) is 144 cm³/mol. The van der Waals surface area contributed by atoms with Crippen molar-refractivity contribution in [2.45, 2.75) is 32.6 Å². The lowest BCUT2D eigenvalue weighted by atomic mass is 10.1. The fraction of sp³-hybridized carbons (Fsp3) is 0.417. The molecule has 0 aliphatic heterocycles. The fourth-order valence-corrected chi connectivity index (χ4v) is 3.20. The van der Waals surface area contributed by atoms with Crippen LogP contribution in [0.1, 0.15) is 41.3 Å². The molecule has 0 fully saturated rings. The molecule has 1 amide bonds. The highest BCUT2D eigenvalue weighted by atomic mass is 127. The van der Waals surface area contributed by atoms with E-state index in [4.69, 9.17) is 0 Å². The van der Waals surface area contributed by atoms with Gasteiger partial charge < -0.3 is 15.5 Å². The lowest BCUT2D eigenvalue weighted by Gasteiger charge is -2.13. The van der Waals surface area contributed by atoms with Crippen molar-refractivity contribution in [2.24, 2.45) is 4.99 Å². The number of nitro groups is 1. The highest BCUT2D eigenvalue weighted by molar-refractivity contribution is 14.0. The Morgan fingerprint density at radius 2 is 1.76 bits per heavy atom. The van der Waals surface area contributed by atoms with Crippen LogP contribution in [0.15, 0.2) is 53.5 Å². The third-order valence-corrected chi connectivity index (χ3v) is 4.92. The van der Waals surface area contributed by atoms with Gasteiger partial charge in [-0.15, -0.1) is 24.0 Å². The molecule has 0 aromatic heterocycles. The number of nitrogens with zero attached hydrogens (tertiary/aromatic N) is 3. The molecule has 0 radical (unpaired) electrons. The molecular formula is C24H34IN5O3. The Bertz CT molecular complexity index is 917. The summed E-state index contributed by atoms with van der Waals surface area (Å²) in [6.45, 7) is 4.23. The average Bonchev–Trinajstić information content (AvgIpc) is 2.78. The number of carbonyl (C=O) groups is 1. The van der Waals surface area contributed by atoms with E-state index >= 15 is 0 Å². The lowest BCUT2D eigenvalue weighted by Crippen LogP contribution is -2.38. The van der Waals surface area contributed by atoms with Crippen molar-refractivity contribution in [3.63, 3.8) is 0 Å². The molecule has 0 aliphatic carbocycles. The van der Waals surface area contributed by atoms with Gasteiger partial charge >= 0.3 is 0 Å². The molecule has 0 bridgehead atoms. The van der Waals surface area contributed by atoms with Gasteiger partial charge in [-0.25, -0.2) is 0 Å². The molecule has 0 heterocycles. The number of benzene rings is 2. The van der Waals surface area contributed by atoms with Gasteiger partial charge in [-0.05, 0) is 55.9 Å². The molecule has 2 aromatic rings. The number of halogens is 1. The van der Waals surface area contributed by atoms with Crippen LogP contribution in [0.2, 0.25) is 0 Å². The maximum Gasteiger partial charge on any atom is 0.269 e. The van der Waals surface area contributed by atoms with E-state index in [0.29, 0.717) is 18.7 Å². The smallest absolute Gasteiger partial charge is 0.269 e. The van der Waals surface area contributed by atoms with Crippen molar-refractivity contribution < 1.29 is 9.72 Å². The normalized spacial score (nSPS) is 10.8. The summed E-state index contributed by atoms with van der Waals surface area (Å²) in [6, 6.07) is 14.4. The van der Waals surface area contributed by atoms with Crippen molar-refractivity contribution >= 4 is 41.5 Å². The summed E-state index contributed by atoms with van der Waals surface area (Å²) < 4.78 is 0. The zero-order valence-electron chi connectivity index (χ0n) is 19.5. The van der Waals surface area contributed by atoms with Gasteiger partial charge in [-0.2, -0.15) is 0 Å². The van der Waals surface area contributed by atoms with Gasteiger partial charge in [0.2, 0.25) is 0 Å². The average molecular weight is 567 g/mol. The SMILES string of the molecule is CCNC(=NCCCCc1ccc([N+](=O)[O-])cc1)NCCc1cccc(C(=O)N(C)C)c1.I. The summed E-state index contributed by atoms with van der Waals surface area (Å²) in [7, 11) is 3.50. The first-order valence-electron chi connectivity index (χ1n) is 11.0. The minimum absolute atomic E-state index is 0. The number of aliphatic imine (C=N–C) groups is 1. The van der Waals surface area contributed by atoms with Crippen molar-refractivity contribution in [3.8, 4) is 0 Å². The molecule has 33 heavy (non-hydrogen) atoms. The Hall–Kier alpha value is -2.69. The molecule has 8 nitrogen and oxygen atoms in total. The van der Waals surface area contributed by atoms with E-state index in [2.05, 4.69) is 15.6 Å². The summed E-state index contributed by atoms with van der Waals surface area (Å²) in [5.74, 6) is 0.784. The first-order chi connectivity index (χ1) is 15.4. The number of carbonyl (C=O) groups excluding carboxylic acids is 1. The molecule has 9 heteroatoms. The highest BCUT2D eigenvalue weighted by Gasteiger charge is 2.08. The number of nitrogens with one attached hydrogen (secondary N) is 2. The number of nitro benzene ring substituents is 1. The number of hydrogen-bond donors (Lipinski definition) is 2. The van der Waals surface area contributed by atoms with E-state index in [1.165, 1.54) is 0 Å². The Kier molecular flexibility index (Phi) is 13.1. The Morgan fingerprint density at radius 3 is 2.39 bits per heavy atom. The standard InChI is InChI=1S/C24H33N5O3.HI/c1-4-25-24(26-16-6-5-8-19-11-13-22(14-12-19)29(31)32)27-17-15-20-9-7-10-21(18-20)23(30)28(2)3;/h7,9-14,18H,4-6,8,15-17H2,1-3H3,(H2,25,26,27);1H. The first kappa shape index (κ1) is 28.3. The number of amides is 1. The molecule has 2 aromatic carbocycles. The van der Waals surface area contributed by atoms with Crippen LogP contribution in [0.5, 0.6) is 0 Å². The van der Waals surface area contributed by atoms with Crippen LogP contribution in [-0.4, -0.2) is 55.4 Å². The van der Waals surface area contributed by atoms with Gasteiger partial charge in [-0.3, -0.25) is 19.9 Å². The van der Waals surface area contributed by atoms with Crippen molar-refractivity contribution in [1.29, 1.82) is 0 Å². The first-order valence-corrected chi connectivity index (χ1v) is 11.0. The van der Waals surface area contributed by atoms with Crippen LogP contribution in [0.4, 0.5) is 5.69 Å². The number of guanidine groups is 1. The van der Waals surface area contributed by atoms with E-state index in [1.807, 2.05) is 43.3 Å². The monoisotopic (exact) mass is 567 g/mol. The molecule has 0 spiro atoms. The van der Waals surface area contributed by atoms with E-state index in [9.17, 15) is 14.9 Å². The van der Waals surface area contributed by atoms with Gasteiger partial charge in [0, 0.05) is 51.4 Å². The quantitative estimate of drug-likeness (QED) is 0.107. The maximum absolute atomic E-state index is 12.1. The molecule has 0 unspecified atom stereocenters. The van der Waals surface area contributed by atoms with Gasteiger partial charge in [0.15, 0.2) is 5.96 Å². The number of rotatable bonds is 11. The molecular weight excluding hydrogens is 533 g/mol. The maximum atomic E-state index is 12.1. The minimum Gasteiger partial charge on any atom is -0.357 e. The molecule has 0 aliphatic rings. The second-order valence-corrected chi connectivity index (χ2v) is 7.72. The van der Waals surface area contributed by atoms with Crippen molar-refractivity contribution in [3.05, 3.63) is 75.3 Å². The second kappa shape index (κ2) is 15.2. The van der Waals surface area contributed by atoms with E-state index < -0.39 is 0 Å². The summed E-state index contributed by atoms with van der Waals surface area (Å²) in [5.41, 5.74) is 3.01. The van der Waals surface area contributed by atoms with Crippen LogP contribution in [0, 0.1) is 10.1 Å². The van der Waals surface area contributed by atoms with Gasteiger partial charge in [0.1, 0.15) is 0 Å². The van der Waals surface area contributed by atoms with Crippen LogP contribution in [0.25, 0.3) is 0 Å².